The third kappa shape index (κ3) is 4.94. The summed E-state index contributed by atoms with van der Waals surface area (Å²) in [7, 11) is 1.53. The Morgan fingerprint density at radius 2 is 1.81 bits per heavy atom. The number of methoxy groups -OCH3 is 1. The van der Waals surface area contributed by atoms with Crippen LogP contribution < -0.4 is 9.84 Å². The van der Waals surface area contributed by atoms with Crippen LogP contribution in [-0.4, -0.2) is 41.3 Å². The van der Waals surface area contributed by atoms with E-state index in [4.69, 9.17) is 4.74 Å². The Balaban J connectivity index is 1.98. The highest BCUT2D eigenvalue weighted by atomic mass is 16.5. The molecule has 3 rings (SSSR count). The molecule has 162 valence electrons. The molecule has 0 spiro atoms. The van der Waals surface area contributed by atoms with E-state index in [2.05, 4.69) is 0 Å². The predicted octanol–water partition coefficient (Wildman–Crippen LogP) is 2.43. The summed E-state index contributed by atoms with van der Waals surface area (Å²) in [5.41, 5.74) is 1.12. The van der Waals surface area contributed by atoms with Gasteiger partial charge < -0.3 is 24.6 Å². The van der Waals surface area contributed by atoms with Gasteiger partial charge in [0.15, 0.2) is 0 Å². The van der Waals surface area contributed by atoms with Crippen LogP contribution in [0.1, 0.15) is 42.9 Å². The number of aliphatic hydroxyl groups is 1. The van der Waals surface area contributed by atoms with Crippen molar-refractivity contribution < 1.29 is 29.3 Å². The molecule has 1 N–H and O–H groups in total. The molecular weight excluding hydrogens is 398 g/mol. The third-order valence-corrected chi connectivity index (χ3v) is 5.28. The SMILES string of the molecule is COc1cccc([C@@H]2C(=C(O)c3ccccc3)C(=O)C(=O)N2CCCCCC(=O)[O-])c1. The lowest BCUT2D eigenvalue weighted by atomic mass is 9.95. The van der Waals surface area contributed by atoms with Crippen LogP contribution in [0.25, 0.3) is 5.76 Å². The fourth-order valence-electron chi connectivity index (χ4n) is 3.75. The largest absolute Gasteiger partial charge is 0.550 e. The van der Waals surface area contributed by atoms with Crippen molar-refractivity contribution in [2.24, 2.45) is 0 Å². The molecule has 0 saturated carbocycles. The average molecular weight is 422 g/mol. The van der Waals surface area contributed by atoms with Crippen LogP contribution in [-0.2, 0) is 14.4 Å². The number of aliphatic carboxylic acids is 1. The Bertz CT molecular complexity index is 998. The molecule has 1 amide bonds. The Morgan fingerprint density at radius 1 is 1.06 bits per heavy atom. The maximum atomic E-state index is 12.9. The van der Waals surface area contributed by atoms with Crippen LogP contribution in [0.2, 0.25) is 0 Å². The molecule has 0 aromatic heterocycles. The zero-order valence-electron chi connectivity index (χ0n) is 17.2. The van der Waals surface area contributed by atoms with Gasteiger partial charge in [-0.1, -0.05) is 48.9 Å². The van der Waals surface area contributed by atoms with Gasteiger partial charge in [-0.05, 0) is 37.0 Å². The number of benzene rings is 2. The number of ether oxygens (including phenoxy) is 1. The molecular formula is C24H24NO6-. The number of amides is 1. The summed E-state index contributed by atoms with van der Waals surface area (Å²) in [6, 6.07) is 14.9. The lowest BCUT2D eigenvalue weighted by Crippen LogP contribution is -2.30. The number of hydrogen-bond donors (Lipinski definition) is 1. The van der Waals surface area contributed by atoms with Crippen LogP contribution >= 0.6 is 0 Å². The van der Waals surface area contributed by atoms with Crippen molar-refractivity contribution in [1.29, 1.82) is 0 Å². The van der Waals surface area contributed by atoms with Gasteiger partial charge in [-0.25, -0.2) is 0 Å². The molecule has 1 atom stereocenters. The number of carbonyl (C=O) groups is 3. The molecule has 31 heavy (non-hydrogen) atoms. The monoisotopic (exact) mass is 422 g/mol. The van der Waals surface area contributed by atoms with E-state index in [0.717, 1.165) is 0 Å². The van der Waals surface area contributed by atoms with Crippen molar-refractivity contribution in [3.8, 4) is 5.75 Å². The summed E-state index contributed by atoms with van der Waals surface area (Å²) >= 11 is 0. The van der Waals surface area contributed by atoms with Crippen molar-refractivity contribution in [3.63, 3.8) is 0 Å². The number of rotatable bonds is 9. The minimum Gasteiger partial charge on any atom is -0.550 e. The molecule has 7 heteroatoms. The van der Waals surface area contributed by atoms with Gasteiger partial charge in [-0.15, -0.1) is 0 Å². The van der Waals surface area contributed by atoms with E-state index in [0.29, 0.717) is 36.1 Å². The molecule has 1 aliphatic rings. The van der Waals surface area contributed by atoms with E-state index in [-0.39, 0.29) is 24.3 Å². The number of aliphatic hydroxyl groups excluding tert-OH is 1. The molecule has 1 saturated heterocycles. The first kappa shape index (κ1) is 22.1. The average Bonchev–Trinajstić information content (AvgIpc) is 3.03. The van der Waals surface area contributed by atoms with Gasteiger partial charge in [0.1, 0.15) is 11.5 Å². The summed E-state index contributed by atoms with van der Waals surface area (Å²) in [4.78, 5) is 37.8. The first-order chi connectivity index (χ1) is 14.9. The van der Waals surface area contributed by atoms with E-state index < -0.39 is 23.7 Å². The van der Waals surface area contributed by atoms with Crippen molar-refractivity contribution in [1.82, 2.24) is 4.90 Å². The molecule has 1 fully saturated rings. The van der Waals surface area contributed by atoms with Crippen molar-refractivity contribution in [2.45, 2.75) is 31.7 Å². The molecule has 0 unspecified atom stereocenters. The number of unbranched alkanes of at least 4 members (excludes halogenated alkanes) is 2. The van der Waals surface area contributed by atoms with E-state index in [1.54, 1.807) is 54.6 Å². The van der Waals surface area contributed by atoms with E-state index in [9.17, 15) is 24.6 Å². The molecule has 1 heterocycles. The first-order valence-electron chi connectivity index (χ1n) is 10.1. The normalized spacial score (nSPS) is 17.7. The van der Waals surface area contributed by atoms with Gasteiger partial charge in [0, 0.05) is 18.1 Å². The summed E-state index contributed by atoms with van der Waals surface area (Å²) < 4.78 is 5.29. The van der Waals surface area contributed by atoms with E-state index in [1.807, 2.05) is 0 Å². The fraction of sp³-hybridized carbons (Fsp3) is 0.292. The fourth-order valence-corrected chi connectivity index (χ4v) is 3.75. The quantitative estimate of drug-likeness (QED) is 0.288. The van der Waals surface area contributed by atoms with Gasteiger partial charge in [0.05, 0.1) is 18.7 Å². The van der Waals surface area contributed by atoms with Gasteiger partial charge in [-0.3, -0.25) is 9.59 Å². The van der Waals surface area contributed by atoms with Crippen LogP contribution in [0.3, 0.4) is 0 Å². The Morgan fingerprint density at radius 3 is 2.48 bits per heavy atom. The summed E-state index contributed by atoms with van der Waals surface area (Å²) in [5, 5.41) is 21.5. The number of carboxylic acids is 1. The Kier molecular flexibility index (Phi) is 7.07. The molecule has 2 aromatic carbocycles. The minimum absolute atomic E-state index is 0.0270. The highest BCUT2D eigenvalue weighted by Gasteiger charge is 2.45. The van der Waals surface area contributed by atoms with Crippen LogP contribution in [0, 0.1) is 0 Å². The van der Waals surface area contributed by atoms with Crippen LogP contribution in [0.4, 0.5) is 0 Å². The zero-order valence-corrected chi connectivity index (χ0v) is 17.2. The molecule has 0 radical (unpaired) electrons. The van der Waals surface area contributed by atoms with Crippen LogP contribution in [0.15, 0.2) is 60.2 Å². The van der Waals surface area contributed by atoms with Crippen molar-refractivity contribution in [2.75, 3.05) is 13.7 Å². The van der Waals surface area contributed by atoms with E-state index >= 15 is 0 Å². The zero-order chi connectivity index (χ0) is 22.4. The van der Waals surface area contributed by atoms with Gasteiger partial charge in [-0.2, -0.15) is 0 Å². The number of carboxylic acid groups (broad SMARTS) is 1. The van der Waals surface area contributed by atoms with Crippen molar-refractivity contribution in [3.05, 3.63) is 71.3 Å². The molecule has 0 aliphatic carbocycles. The second kappa shape index (κ2) is 9.93. The second-order valence-corrected chi connectivity index (χ2v) is 7.32. The van der Waals surface area contributed by atoms with Gasteiger partial charge >= 0.3 is 0 Å². The highest BCUT2D eigenvalue weighted by molar-refractivity contribution is 6.46. The maximum absolute atomic E-state index is 12.9. The standard InChI is InChI=1S/C24H25NO6/c1-31-18-12-8-11-17(15-18)21-20(22(28)16-9-4-2-5-10-16)23(29)24(30)25(21)14-7-3-6-13-19(26)27/h2,4-5,8-12,15,21,28H,3,6-7,13-14H2,1H3,(H,26,27)/p-1/t21-/m1/s1. The molecule has 7 nitrogen and oxygen atoms in total. The number of nitrogens with zero attached hydrogens (tertiary/aromatic N) is 1. The second-order valence-electron chi connectivity index (χ2n) is 7.32. The smallest absolute Gasteiger partial charge is 0.295 e. The summed E-state index contributed by atoms with van der Waals surface area (Å²) in [6.07, 6.45) is 1.47. The topological polar surface area (TPSA) is 107 Å². The minimum atomic E-state index is -1.11. The van der Waals surface area contributed by atoms with E-state index in [1.165, 1.54) is 12.0 Å². The predicted molar refractivity (Wildman–Crippen MR) is 112 cm³/mol. The number of Topliss-reactive ketones (excluding diaryl/α,β-unsaturated/α-hetero) is 1. The maximum Gasteiger partial charge on any atom is 0.295 e. The number of likely N-dealkylation sites (tertiary alicyclic amines) is 1. The molecule has 2 aromatic rings. The number of hydrogen-bond acceptors (Lipinski definition) is 6. The van der Waals surface area contributed by atoms with Gasteiger partial charge in [0.25, 0.3) is 11.7 Å². The summed E-state index contributed by atoms with van der Waals surface area (Å²) in [6.45, 7) is 0.255. The lowest BCUT2D eigenvalue weighted by molar-refractivity contribution is -0.305. The summed E-state index contributed by atoms with van der Waals surface area (Å²) in [5.74, 6) is -2.21. The Hall–Kier alpha value is -3.61. The van der Waals surface area contributed by atoms with Gasteiger partial charge in [0.2, 0.25) is 0 Å². The molecule has 1 aliphatic heterocycles. The highest BCUT2D eigenvalue weighted by Crippen LogP contribution is 2.40. The first-order valence-corrected chi connectivity index (χ1v) is 10.1. The number of carbonyl (C=O) groups excluding carboxylic acids is 3. The Labute approximate surface area is 180 Å². The number of ketones is 1. The van der Waals surface area contributed by atoms with Crippen LogP contribution in [0.5, 0.6) is 5.75 Å². The molecule has 0 bridgehead atoms. The lowest BCUT2D eigenvalue weighted by Gasteiger charge is -2.25. The third-order valence-electron chi connectivity index (χ3n) is 5.28. The van der Waals surface area contributed by atoms with Crippen molar-refractivity contribution >= 4 is 23.4 Å².